The zero-order chi connectivity index (χ0) is 18.9. The van der Waals surface area contributed by atoms with Crippen LogP contribution in [0.5, 0.6) is 0 Å². The first-order valence-corrected chi connectivity index (χ1v) is 13.8. The van der Waals surface area contributed by atoms with E-state index >= 15 is 0 Å². The molecule has 0 atom stereocenters. The van der Waals surface area contributed by atoms with Crippen LogP contribution in [0.2, 0.25) is 3.43 Å². The number of aromatic nitrogens is 2. The maximum absolute atomic E-state index is 12.3. The van der Waals surface area contributed by atoms with Crippen LogP contribution in [0.3, 0.4) is 0 Å². The van der Waals surface area contributed by atoms with Crippen LogP contribution in [0.1, 0.15) is 78.6 Å². The van der Waals surface area contributed by atoms with Crippen LogP contribution in [-0.4, -0.2) is 56.9 Å². The molecule has 7 heteroatoms. The molecule has 0 saturated carbocycles. The van der Waals surface area contributed by atoms with Crippen molar-refractivity contribution < 1.29 is 8.42 Å². The summed E-state index contributed by atoms with van der Waals surface area (Å²) in [4.78, 5) is 4.51. The van der Waals surface area contributed by atoms with Gasteiger partial charge >= 0.3 is 165 Å². The Labute approximate surface area is 165 Å². The van der Waals surface area contributed by atoms with Gasteiger partial charge in [-0.1, -0.05) is 0 Å². The van der Waals surface area contributed by atoms with Crippen LogP contribution in [0.25, 0.3) is 0 Å². The number of unbranched alkanes of at least 4 members (excludes halogenated alkanes) is 3. The molecule has 1 heterocycles. The van der Waals surface area contributed by atoms with Crippen LogP contribution in [0.15, 0.2) is 12.5 Å². The van der Waals surface area contributed by atoms with E-state index in [2.05, 4.69) is 25.8 Å². The number of hydrogen-bond donors (Lipinski definition) is 0. The summed E-state index contributed by atoms with van der Waals surface area (Å²) in [6.45, 7) is 6.77. The fourth-order valence-electron chi connectivity index (χ4n) is 3.07. The molecule has 2 radical (unpaired) electrons. The topological polar surface area (TPSA) is 55.2 Å². The molecule has 0 N–H and O–H groups in total. The van der Waals surface area contributed by atoms with Gasteiger partial charge in [-0.05, 0) is 0 Å². The molecular formula is C18H35N3O2SSn. The molecule has 5 nitrogen and oxygen atoms in total. The van der Waals surface area contributed by atoms with Gasteiger partial charge in [-0.3, -0.25) is 0 Å². The Morgan fingerprint density at radius 2 is 1.52 bits per heavy atom. The minimum absolute atomic E-state index is 0.423. The van der Waals surface area contributed by atoms with Gasteiger partial charge in [0.15, 0.2) is 0 Å². The van der Waals surface area contributed by atoms with E-state index < -0.39 is 31.4 Å². The predicted octanol–water partition coefficient (Wildman–Crippen LogP) is 3.60. The summed E-state index contributed by atoms with van der Waals surface area (Å²) in [5.74, 6) is 0. The van der Waals surface area contributed by atoms with Gasteiger partial charge in [-0.25, -0.2) is 0 Å². The van der Waals surface area contributed by atoms with E-state index in [1.165, 1.54) is 72.4 Å². The maximum atomic E-state index is 12.3. The van der Waals surface area contributed by atoms with Crippen molar-refractivity contribution in [2.45, 2.75) is 82.0 Å². The average Bonchev–Trinajstić information content (AvgIpc) is 3.05. The van der Waals surface area contributed by atoms with Crippen molar-refractivity contribution in [2.75, 3.05) is 14.1 Å². The van der Waals surface area contributed by atoms with Gasteiger partial charge in [-0.15, -0.1) is 0 Å². The molecule has 1 aromatic rings. The normalized spacial score (nSPS) is 12.9. The zero-order valence-electron chi connectivity index (χ0n) is 16.6. The third-order valence-corrected chi connectivity index (χ3v) is 11.5. The van der Waals surface area contributed by atoms with Crippen molar-refractivity contribution in [2.24, 2.45) is 0 Å². The molecule has 0 aliphatic carbocycles. The second kappa shape index (κ2) is 10.9. The number of rotatable bonds is 13. The summed E-state index contributed by atoms with van der Waals surface area (Å²) in [5.41, 5.74) is 0. The Balaban J connectivity index is 3.04. The van der Waals surface area contributed by atoms with Gasteiger partial charge in [0.1, 0.15) is 0 Å². The van der Waals surface area contributed by atoms with E-state index in [0.29, 0.717) is 3.43 Å². The van der Waals surface area contributed by atoms with Gasteiger partial charge < -0.3 is 0 Å². The quantitative estimate of drug-likeness (QED) is 0.409. The third-order valence-electron chi connectivity index (χ3n) is 4.71. The van der Waals surface area contributed by atoms with Gasteiger partial charge in [0.05, 0.1) is 0 Å². The molecule has 0 aromatic carbocycles. The molecule has 1 aromatic heterocycles. The van der Waals surface area contributed by atoms with Crippen molar-refractivity contribution in [1.29, 1.82) is 0 Å². The molecule has 25 heavy (non-hydrogen) atoms. The van der Waals surface area contributed by atoms with E-state index in [4.69, 9.17) is 0 Å². The van der Waals surface area contributed by atoms with E-state index in [9.17, 15) is 8.42 Å². The van der Waals surface area contributed by atoms with Crippen molar-refractivity contribution in [3.05, 3.63) is 12.5 Å². The predicted molar refractivity (Wildman–Crippen MR) is 107 cm³/mol. The summed E-state index contributed by atoms with van der Waals surface area (Å²) in [6, 6.07) is 0. The monoisotopic (exact) mass is 477 g/mol. The second-order valence-electron chi connectivity index (χ2n) is 7.09. The van der Waals surface area contributed by atoms with Crippen LogP contribution < -0.4 is 3.71 Å². The first-order chi connectivity index (χ1) is 11.8. The van der Waals surface area contributed by atoms with E-state index in [0.717, 1.165) is 3.71 Å². The molecule has 0 fully saturated rings. The van der Waals surface area contributed by atoms with Crippen molar-refractivity contribution in [3.8, 4) is 0 Å². The minimum atomic E-state index is -3.45. The van der Waals surface area contributed by atoms with Gasteiger partial charge in [0.2, 0.25) is 0 Å². The Bertz CT molecular complexity index is 577. The summed E-state index contributed by atoms with van der Waals surface area (Å²) < 4.78 is 28.6. The molecule has 0 amide bonds. The SMILES string of the molecule is CCCC[C](CCCC)(CCCC)[Sn][c]1cn(S(=O)(=O)N(C)C)cn1. The molecule has 144 valence electrons. The summed E-state index contributed by atoms with van der Waals surface area (Å²) >= 11 is -0.982. The van der Waals surface area contributed by atoms with Gasteiger partial charge in [0, 0.05) is 0 Å². The van der Waals surface area contributed by atoms with Crippen molar-refractivity contribution in [3.63, 3.8) is 0 Å². The molecule has 0 aliphatic rings. The summed E-state index contributed by atoms with van der Waals surface area (Å²) in [6.07, 6.45) is 14.6. The Kier molecular flexibility index (Phi) is 10.0. The molecule has 0 saturated heterocycles. The van der Waals surface area contributed by atoms with E-state index in [-0.39, 0.29) is 0 Å². The van der Waals surface area contributed by atoms with Gasteiger partial charge in [0.25, 0.3) is 0 Å². The summed E-state index contributed by atoms with van der Waals surface area (Å²) in [7, 11) is -0.331. The summed E-state index contributed by atoms with van der Waals surface area (Å²) in [5, 5.41) is 0. The van der Waals surface area contributed by atoms with Gasteiger partial charge in [-0.2, -0.15) is 0 Å². The van der Waals surface area contributed by atoms with Crippen LogP contribution in [0.4, 0.5) is 0 Å². The standard InChI is InChI=1S/C13H27.C5H8N3O2S.Sn/c1-4-7-10-13(11-8-5-2)12-9-6-3;1-7(2)11(9,10)8-4-3-6-5-8;/h4-12H2,1-3H3;4-5H,1-2H3;. The number of hydrogen-bond acceptors (Lipinski definition) is 3. The Morgan fingerprint density at radius 3 is 1.92 bits per heavy atom. The first kappa shape index (κ1) is 23.0. The van der Waals surface area contributed by atoms with Crippen molar-refractivity contribution >= 4 is 35.1 Å². The second-order valence-corrected chi connectivity index (χ2v) is 14.3. The van der Waals surface area contributed by atoms with Crippen LogP contribution in [0, 0.1) is 0 Å². The number of imidazole rings is 1. The van der Waals surface area contributed by atoms with E-state index in [1.54, 1.807) is 20.3 Å². The van der Waals surface area contributed by atoms with Crippen molar-refractivity contribution in [1.82, 2.24) is 13.3 Å². The fourth-order valence-corrected chi connectivity index (χ4v) is 9.17. The molecule has 0 spiro atoms. The number of nitrogens with zero attached hydrogens (tertiary/aromatic N) is 3. The molecule has 0 bridgehead atoms. The zero-order valence-corrected chi connectivity index (χ0v) is 20.3. The Hall–Kier alpha value is -0.0813. The van der Waals surface area contributed by atoms with Crippen LogP contribution in [-0.2, 0) is 10.2 Å². The molecule has 0 unspecified atom stereocenters. The van der Waals surface area contributed by atoms with E-state index in [1.807, 2.05) is 0 Å². The average molecular weight is 476 g/mol. The molecule has 1 rings (SSSR count). The molecular weight excluding hydrogens is 441 g/mol. The first-order valence-electron chi connectivity index (χ1n) is 9.56. The third kappa shape index (κ3) is 6.86. The van der Waals surface area contributed by atoms with Crippen LogP contribution >= 0.6 is 0 Å². The molecule has 0 aliphatic heterocycles. The Morgan fingerprint density at radius 1 is 1.04 bits per heavy atom. The fraction of sp³-hybridized carbons (Fsp3) is 0.833.